The first-order chi connectivity index (χ1) is 13.0. The number of para-hydroxylation sites is 1. The molecule has 2 amide bonds. The summed E-state index contributed by atoms with van der Waals surface area (Å²) in [6, 6.07) is 12.1. The Balaban J connectivity index is 1.68. The molecule has 2 aromatic carbocycles. The molecule has 0 fully saturated rings. The molecule has 1 aromatic heterocycles. The van der Waals surface area contributed by atoms with E-state index in [0.29, 0.717) is 32.0 Å². The van der Waals surface area contributed by atoms with Crippen LogP contribution in [0.2, 0.25) is 5.02 Å². The summed E-state index contributed by atoms with van der Waals surface area (Å²) in [6.07, 6.45) is 1.41. The third kappa shape index (κ3) is 4.45. The molecule has 3 rings (SSSR count). The van der Waals surface area contributed by atoms with Crippen LogP contribution in [0.1, 0.15) is 25.6 Å². The first-order valence-electron chi connectivity index (χ1n) is 7.95. The zero-order valence-electron chi connectivity index (χ0n) is 14.6. The Labute approximate surface area is 165 Å². The van der Waals surface area contributed by atoms with E-state index in [-0.39, 0.29) is 11.8 Å². The van der Waals surface area contributed by atoms with Crippen molar-refractivity contribution in [2.45, 2.75) is 6.92 Å². The molecule has 0 unspecified atom stereocenters. The number of benzene rings is 2. The van der Waals surface area contributed by atoms with Crippen LogP contribution in [0.3, 0.4) is 0 Å². The molecule has 27 heavy (non-hydrogen) atoms. The van der Waals surface area contributed by atoms with Crippen molar-refractivity contribution >= 4 is 45.6 Å². The van der Waals surface area contributed by atoms with Crippen molar-refractivity contribution in [1.82, 2.24) is 4.98 Å². The van der Waals surface area contributed by atoms with E-state index in [1.54, 1.807) is 37.4 Å². The van der Waals surface area contributed by atoms with Gasteiger partial charge >= 0.3 is 0 Å². The highest BCUT2D eigenvalue weighted by atomic mass is 35.5. The number of hydrogen-bond acceptors (Lipinski definition) is 5. The predicted molar refractivity (Wildman–Crippen MR) is 107 cm³/mol. The average Bonchev–Trinajstić information content (AvgIpc) is 3.13. The molecule has 1 heterocycles. The number of ether oxygens (including phenoxy) is 1. The summed E-state index contributed by atoms with van der Waals surface area (Å²) in [5, 5.41) is 6.25. The van der Waals surface area contributed by atoms with E-state index in [9.17, 15) is 9.59 Å². The molecule has 0 bridgehead atoms. The second-order valence-corrected chi connectivity index (χ2v) is 7.04. The van der Waals surface area contributed by atoms with E-state index in [1.165, 1.54) is 6.20 Å². The minimum Gasteiger partial charge on any atom is -0.497 e. The van der Waals surface area contributed by atoms with Gasteiger partial charge < -0.3 is 10.1 Å². The van der Waals surface area contributed by atoms with Gasteiger partial charge in [-0.25, -0.2) is 4.98 Å². The highest BCUT2D eigenvalue weighted by molar-refractivity contribution is 7.17. The van der Waals surface area contributed by atoms with Gasteiger partial charge in [-0.3, -0.25) is 14.9 Å². The van der Waals surface area contributed by atoms with Gasteiger partial charge in [0.1, 0.15) is 10.6 Å². The maximum atomic E-state index is 12.4. The third-order valence-electron chi connectivity index (χ3n) is 3.76. The summed E-state index contributed by atoms with van der Waals surface area (Å²) in [6.45, 7) is 1.86. The van der Waals surface area contributed by atoms with Crippen LogP contribution in [0.15, 0.2) is 48.7 Å². The fourth-order valence-corrected chi connectivity index (χ4v) is 3.29. The molecule has 0 saturated carbocycles. The number of amides is 2. The van der Waals surface area contributed by atoms with Crippen molar-refractivity contribution in [1.29, 1.82) is 0 Å². The van der Waals surface area contributed by atoms with E-state index < -0.39 is 0 Å². The van der Waals surface area contributed by atoms with Gasteiger partial charge in [0.25, 0.3) is 11.8 Å². The lowest BCUT2D eigenvalue weighted by Gasteiger charge is -2.08. The fraction of sp³-hybridized carbons (Fsp3) is 0.105. The van der Waals surface area contributed by atoms with E-state index in [1.807, 2.05) is 19.1 Å². The van der Waals surface area contributed by atoms with Crippen LogP contribution >= 0.6 is 22.9 Å². The molecule has 0 saturated heterocycles. The molecule has 3 aromatic rings. The number of nitrogens with zero attached hydrogens (tertiary/aromatic N) is 1. The lowest BCUT2D eigenvalue weighted by Crippen LogP contribution is -2.12. The molecule has 138 valence electrons. The zero-order valence-corrected chi connectivity index (χ0v) is 16.1. The van der Waals surface area contributed by atoms with Gasteiger partial charge in [0.15, 0.2) is 5.13 Å². The Morgan fingerprint density at radius 2 is 1.81 bits per heavy atom. The summed E-state index contributed by atoms with van der Waals surface area (Å²) in [4.78, 5) is 29.2. The standard InChI is InChI=1S/C19H16ClN3O3S/c1-11-4-3-5-14(20)16(11)22-18(25)15-10-21-19(27-15)23-17(24)12-6-8-13(26-2)9-7-12/h3-10H,1-2H3,(H,22,25)(H,21,23,24). The number of methoxy groups -OCH3 is 1. The largest absolute Gasteiger partial charge is 0.497 e. The molecule has 8 heteroatoms. The summed E-state index contributed by atoms with van der Waals surface area (Å²) in [5.41, 5.74) is 1.87. The minimum absolute atomic E-state index is 0.319. The van der Waals surface area contributed by atoms with Crippen LogP contribution in [0, 0.1) is 6.92 Å². The maximum Gasteiger partial charge on any atom is 0.267 e. The summed E-state index contributed by atoms with van der Waals surface area (Å²) < 4.78 is 5.07. The first-order valence-corrected chi connectivity index (χ1v) is 9.15. The summed E-state index contributed by atoms with van der Waals surface area (Å²) >= 11 is 7.21. The number of rotatable bonds is 5. The normalized spacial score (nSPS) is 10.3. The molecule has 0 aliphatic rings. The SMILES string of the molecule is COc1ccc(C(=O)Nc2ncc(C(=O)Nc3c(C)cccc3Cl)s2)cc1. The van der Waals surface area contributed by atoms with E-state index in [4.69, 9.17) is 16.3 Å². The molecule has 2 N–H and O–H groups in total. The number of halogens is 1. The van der Waals surface area contributed by atoms with Crippen LogP contribution < -0.4 is 15.4 Å². The maximum absolute atomic E-state index is 12.4. The predicted octanol–water partition coefficient (Wildman–Crippen LogP) is 4.62. The smallest absolute Gasteiger partial charge is 0.267 e. The first kappa shape index (κ1) is 18.9. The van der Waals surface area contributed by atoms with Crippen LogP contribution in [0.4, 0.5) is 10.8 Å². The van der Waals surface area contributed by atoms with Crippen molar-refractivity contribution in [3.63, 3.8) is 0 Å². The molecule has 6 nitrogen and oxygen atoms in total. The second-order valence-electron chi connectivity index (χ2n) is 5.60. The van der Waals surface area contributed by atoms with Gasteiger partial charge in [0, 0.05) is 5.56 Å². The molecule has 0 radical (unpaired) electrons. The van der Waals surface area contributed by atoms with Crippen molar-refractivity contribution in [3.05, 3.63) is 69.7 Å². The van der Waals surface area contributed by atoms with Crippen LogP contribution in [0.5, 0.6) is 5.75 Å². The highest BCUT2D eigenvalue weighted by Crippen LogP contribution is 2.27. The monoisotopic (exact) mass is 401 g/mol. The van der Waals surface area contributed by atoms with Gasteiger partial charge in [-0.15, -0.1) is 0 Å². The molecular weight excluding hydrogens is 386 g/mol. The molecule has 0 spiro atoms. The van der Waals surface area contributed by atoms with Gasteiger partial charge in [-0.1, -0.05) is 35.1 Å². The Kier molecular flexibility index (Phi) is 5.73. The van der Waals surface area contributed by atoms with Crippen LogP contribution in [0.25, 0.3) is 0 Å². The molecular formula is C19H16ClN3O3S. The summed E-state index contributed by atoms with van der Waals surface area (Å²) in [7, 11) is 1.56. The van der Waals surface area contributed by atoms with Crippen molar-refractivity contribution in [2.75, 3.05) is 17.7 Å². The van der Waals surface area contributed by atoms with Gasteiger partial charge in [0.05, 0.1) is 24.0 Å². The topological polar surface area (TPSA) is 80.3 Å². The Hall–Kier alpha value is -2.90. The highest BCUT2D eigenvalue weighted by Gasteiger charge is 2.15. The Morgan fingerprint density at radius 1 is 1.07 bits per heavy atom. The van der Waals surface area contributed by atoms with Gasteiger partial charge in [-0.05, 0) is 42.8 Å². The van der Waals surface area contributed by atoms with Gasteiger partial charge in [-0.2, -0.15) is 0 Å². The molecule has 0 aliphatic heterocycles. The summed E-state index contributed by atoms with van der Waals surface area (Å²) in [5.74, 6) is 0.00387. The second kappa shape index (κ2) is 8.20. The number of carbonyl (C=O) groups is 2. The lowest BCUT2D eigenvalue weighted by atomic mass is 10.2. The number of hydrogen-bond donors (Lipinski definition) is 2. The van der Waals surface area contributed by atoms with E-state index in [2.05, 4.69) is 15.6 Å². The quantitative estimate of drug-likeness (QED) is 0.653. The number of carbonyl (C=O) groups excluding carboxylic acids is 2. The Bertz CT molecular complexity index is 966. The van der Waals surface area contributed by atoms with Crippen molar-refractivity contribution < 1.29 is 14.3 Å². The minimum atomic E-state index is -0.339. The van der Waals surface area contributed by atoms with Crippen molar-refractivity contribution in [3.8, 4) is 5.75 Å². The van der Waals surface area contributed by atoms with Crippen molar-refractivity contribution in [2.24, 2.45) is 0 Å². The molecule has 0 atom stereocenters. The number of anilines is 2. The number of aromatic nitrogens is 1. The number of nitrogens with one attached hydrogen (secondary N) is 2. The van der Waals surface area contributed by atoms with Crippen LogP contribution in [-0.4, -0.2) is 23.9 Å². The fourth-order valence-electron chi connectivity index (χ4n) is 2.31. The lowest BCUT2D eigenvalue weighted by molar-refractivity contribution is 0.102. The zero-order chi connectivity index (χ0) is 19.4. The van der Waals surface area contributed by atoms with E-state index in [0.717, 1.165) is 16.9 Å². The number of aryl methyl sites for hydroxylation is 1. The average molecular weight is 402 g/mol. The Morgan fingerprint density at radius 3 is 2.48 bits per heavy atom. The van der Waals surface area contributed by atoms with Gasteiger partial charge in [0.2, 0.25) is 0 Å². The molecule has 0 aliphatic carbocycles. The van der Waals surface area contributed by atoms with Crippen LogP contribution in [-0.2, 0) is 0 Å². The number of thiazole rings is 1. The third-order valence-corrected chi connectivity index (χ3v) is 4.99. The van der Waals surface area contributed by atoms with E-state index >= 15 is 0 Å².